The SMILES string of the molecule is CCS(=O)(=O)N1CC[C@H]2Oc3cc(F)cc(c3)CNC(=O)COc3cc(ccc3OC)C(=O)N[C@H]2C1. The molecule has 2 aliphatic rings. The fourth-order valence-electron chi connectivity index (χ4n) is 4.16. The van der Waals surface area contributed by atoms with Crippen molar-refractivity contribution in [3.05, 3.63) is 53.3 Å². The molecule has 2 aromatic rings. The Morgan fingerprint density at radius 1 is 1.19 bits per heavy atom. The molecule has 4 bridgehead atoms. The molecule has 2 amide bonds. The van der Waals surface area contributed by atoms with Gasteiger partial charge >= 0.3 is 0 Å². The second kappa shape index (κ2) is 10.7. The maximum Gasteiger partial charge on any atom is 0.258 e. The largest absolute Gasteiger partial charge is 0.493 e. The van der Waals surface area contributed by atoms with Crippen LogP contribution in [0.25, 0.3) is 0 Å². The van der Waals surface area contributed by atoms with E-state index in [-0.39, 0.29) is 55.5 Å². The zero-order valence-corrected chi connectivity index (χ0v) is 20.8. The van der Waals surface area contributed by atoms with Gasteiger partial charge in [0.15, 0.2) is 18.1 Å². The zero-order valence-electron chi connectivity index (χ0n) is 20.0. The lowest BCUT2D eigenvalue weighted by atomic mass is 10.0. The lowest BCUT2D eigenvalue weighted by Crippen LogP contribution is -2.58. The summed E-state index contributed by atoms with van der Waals surface area (Å²) in [6.45, 7) is 1.45. The molecule has 10 nitrogen and oxygen atoms in total. The monoisotopic (exact) mass is 521 g/mol. The van der Waals surface area contributed by atoms with Crippen molar-refractivity contribution < 1.29 is 36.6 Å². The van der Waals surface area contributed by atoms with E-state index >= 15 is 0 Å². The highest BCUT2D eigenvalue weighted by atomic mass is 32.2. The molecule has 2 atom stereocenters. The maximum absolute atomic E-state index is 14.3. The minimum absolute atomic E-state index is 0.00429. The van der Waals surface area contributed by atoms with Gasteiger partial charge in [-0.2, -0.15) is 4.31 Å². The molecule has 2 heterocycles. The number of amides is 2. The number of benzene rings is 2. The molecule has 0 saturated carbocycles. The van der Waals surface area contributed by atoms with Crippen molar-refractivity contribution >= 4 is 21.8 Å². The van der Waals surface area contributed by atoms with Gasteiger partial charge in [0.05, 0.1) is 18.9 Å². The number of rotatable bonds is 3. The van der Waals surface area contributed by atoms with Crippen molar-refractivity contribution in [1.82, 2.24) is 14.9 Å². The van der Waals surface area contributed by atoms with Gasteiger partial charge in [-0.25, -0.2) is 12.8 Å². The van der Waals surface area contributed by atoms with E-state index in [0.29, 0.717) is 11.3 Å². The molecular weight excluding hydrogens is 493 g/mol. The van der Waals surface area contributed by atoms with Crippen molar-refractivity contribution in [2.24, 2.45) is 0 Å². The van der Waals surface area contributed by atoms with E-state index in [0.717, 1.165) is 0 Å². The molecule has 194 valence electrons. The summed E-state index contributed by atoms with van der Waals surface area (Å²) in [6.07, 6.45) is -0.340. The third kappa shape index (κ3) is 5.88. The molecule has 2 N–H and O–H groups in total. The Morgan fingerprint density at radius 3 is 2.75 bits per heavy atom. The van der Waals surface area contributed by atoms with E-state index in [4.69, 9.17) is 14.2 Å². The van der Waals surface area contributed by atoms with Gasteiger partial charge in [0.2, 0.25) is 10.0 Å². The minimum atomic E-state index is -3.50. The Bertz CT molecular complexity index is 1250. The van der Waals surface area contributed by atoms with Crippen LogP contribution in [0.15, 0.2) is 36.4 Å². The van der Waals surface area contributed by atoms with E-state index < -0.39 is 39.8 Å². The molecular formula is C24H28FN3O7S. The number of sulfonamides is 1. The number of fused-ring (bicyclic) bond motifs is 5. The predicted octanol–water partition coefficient (Wildman–Crippen LogP) is 1.44. The fourth-order valence-corrected chi connectivity index (χ4v) is 5.30. The highest BCUT2D eigenvalue weighted by Gasteiger charge is 2.36. The third-order valence-corrected chi connectivity index (χ3v) is 7.93. The van der Waals surface area contributed by atoms with Gasteiger partial charge in [0.1, 0.15) is 17.7 Å². The minimum Gasteiger partial charge on any atom is -0.493 e. The topological polar surface area (TPSA) is 123 Å². The molecule has 12 heteroatoms. The Morgan fingerprint density at radius 2 is 2.00 bits per heavy atom. The molecule has 0 aliphatic carbocycles. The smallest absolute Gasteiger partial charge is 0.258 e. The number of hydrogen-bond acceptors (Lipinski definition) is 7. The zero-order chi connectivity index (χ0) is 25.9. The van der Waals surface area contributed by atoms with Gasteiger partial charge in [0.25, 0.3) is 11.8 Å². The second-order valence-electron chi connectivity index (χ2n) is 8.51. The fraction of sp³-hybridized carbons (Fsp3) is 0.417. The van der Waals surface area contributed by atoms with E-state index in [1.54, 1.807) is 19.1 Å². The summed E-state index contributed by atoms with van der Waals surface area (Å²) in [4.78, 5) is 25.5. The lowest BCUT2D eigenvalue weighted by Gasteiger charge is -2.38. The average Bonchev–Trinajstić information content (AvgIpc) is 2.86. The normalized spacial score (nSPS) is 21.3. The van der Waals surface area contributed by atoms with Crippen LogP contribution in [0, 0.1) is 5.82 Å². The summed E-state index contributed by atoms with van der Waals surface area (Å²) < 4.78 is 57.6. The van der Waals surface area contributed by atoms with Crippen LogP contribution in [0.4, 0.5) is 4.39 Å². The summed E-state index contributed by atoms with van der Waals surface area (Å²) >= 11 is 0. The number of methoxy groups -OCH3 is 1. The number of halogens is 1. The second-order valence-corrected chi connectivity index (χ2v) is 10.8. The Hall–Kier alpha value is -3.38. The van der Waals surface area contributed by atoms with Gasteiger partial charge in [-0.15, -0.1) is 0 Å². The molecule has 0 unspecified atom stereocenters. The van der Waals surface area contributed by atoms with Gasteiger partial charge in [-0.3, -0.25) is 9.59 Å². The van der Waals surface area contributed by atoms with E-state index in [1.807, 2.05) is 0 Å². The highest BCUT2D eigenvalue weighted by molar-refractivity contribution is 7.89. The summed E-state index contributed by atoms with van der Waals surface area (Å²) in [5, 5.41) is 5.53. The summed E-state index contributed by atoms with van der Waals surface area (Å²) in [6, 6.07) is 7.89. The van der Waals surface area contributed by atoms with Crippen LogP contribution < -0.4 is 24.8 Å². The van der Waals surface area contributed by atoms with Gasteiger partial charge < -0.3 is 24.8 Å². The van der Waals surface area contributed by atoms with Gasteiger partial charge in [0, 0.05) is 37.7 Å². The number of nitrogens with one attached hydrogen (secondary N) is 2. The first-order valence-corrected chi connectivity index (χ1v) is 13.1. The summed E-state index contributed by atoms with van der Waals surface area (Å²) in [5.41, 5.74) is 0.692. The first-order chi connectivity index (χ1) is 17.2. The quantitative estimate of drug-likeness (QED) is 0.627. The lowest BCUT2D eigenvalue weighted by molar-refractivity contribution is -0.123. The number of piperidine rings is 1. The number of nitrogens with zero attached hydrogens (tertiary/aromatic N) is 1. The van der Waals surface area contributed by atoms with Crippen molar-refractivity contribution in [1.29, 1.82) is 0 Å². The van der Waals surface area contributed by atoms with E-state index in [9.17, 15) is 22.4 Å². The van der Waals surface area contributed by atoms with E-state index in [2.05, 4.69) is 10.6 Å². The number of carbonyl (C=O) groups is 2. The third-order valence-electron chi connectivity index (χ3n) is 6.08. The first kappa shape index (κ1) is 25.7. The molecule has 1 saturated heterocycles. The standard InChI is InChI=1S/C24H28FN3O7S/c1-3-36(31,32)28-7-6-20-19(13-28)27-24(30)16-4-5-21(33-2)22(10-16)34-14-23(29)26-12-15-8-17(25)11-18(9-15)35-20/h4-5,8-11,19-20H,3,6-7,12-14H2,1-2H3,(H,26,29)(H,27,30)/t19-,20+/m0/s1. The highest BCUT2D eigenvalue weighted by Crippen LogP contribution is 2.29. The summed E-state index contributed by atoms with van der Waals surface area (Å²) in [5.74, 6) is -0.840. The Kier molecular flexibility index (Phi) is 7.65. The van der Waals surface area contributed by atoms with Crippen LogP contribution in [-0.4, -0.2) is 69.2 Å². The van der Waals surface area contributed by atoms with Gasteiger partial charge in [-0.05, 0) is 42.8 Å². The average molecular weight is 522 g/mol. The molecule has 0 spiro atoms. The number of hydrogen-bond donors (Lipinski definition) is 2. The van der Waals surface area contributed by atoms with Crippen molar-refractivity contribution in [2.45, 2.75) is 32.0 Å². The Balaban J connectivity index is 1.70. The van der Waals surface area contributed by atoms with Crippen LogP contribution in [0.2, 0.25) is 0 Å². The maximum atomic E-state index is 14.3. The molecule has 0 radical (unpaired) electrons. The van der Waals surface area contributed by atoms with E-state index in [1.165, 1.54) is 35.7 Å². The number of ether oxygens (including phenoxy) is 3. The van der Waals surface area contributed by atoms with Crippen molar-refractivity contribution in [3.8, 4) is 17.2 Å². The van der Waals surface area contributed by atoms with Crippen molar-refractivity contribution in [2.75, 3.05) is 32.6 Å². The first-order valence-electron chi connectivity index (χ1n) is 11.5. The molecule has 2 aromatic carbocycles. The van der Waals surface area contributed by atoms with Crippen molar-refractivity contribution in [3.63, 3.8) is 0 Å². The molecule has 0 aromatic heterocycles. The summed E-state index contributed by atoms with van der Waals surface area (Å²) in [7, 11) is -2.07. The van der Waals surface area contributed by atoms with Crippen LogP contribution in [0.5, 0.6) is 17.2 Å². The predicted molar refractivity (Wildman–Crippen MR) is 128 cm³/mol. The molecule has 4 rings (SSSR count). The van der Waals surface area contributed by atoms with Crippen LogP contribution in [0.3, 0.4) is 0 Å². The Labute approximate surface area is 208 Å². The molecule has 1 fully saturated rings. The van der Waals surface area contributed by atoms with Gasteiger partial charge in [-0.1, -0.05) is 0 Å². The number of carbonyl (C=O) groups excluding carboxylic acids is 2. The van der Waals surface area contributed by atoms with Crippen LogP contribution in [-0.2, 0) is 21.4 Å². The molecule has 36 heavy (non-hydrogen) atoms. The van der Waals surface area contributed by atoms with Crippen LogP contribution in [0.1, 0.15) is 29.3 Å². The molecule has 2 aliphatic heterocycles. The van der Waals surface area contributed by atoms with Crippen LogP contribution >= 0.6 is 0 Å².